The summed E-state index contributed by atoms with van der Waals surface area (Å²) in [7, 11) is 0. The van der Waals surface area contributed by atoms with E-state index in [9.17, 15) is 18.0 Å². The summed E-state index contributed by atoms with van der Waals surface area (Å²) >= 11 is 5.81. The van der Waals surface area contributed by atoms with Crippen molar-refractivity contribution in [3.8, 4) is 12.3 Å². The van der Waals surface area contributed by atoms with Gasteiger partial charge in [-0.3, -0.25) is 4.79 Å². The van der Waals surface area contributed by atoms with Gasteiger partial charge in [0.25, 0.3) is 0 Å². The largest absolute Gasteiger partial charge is 0.416 e. The van der Waals surface area contributed by atoms with Crippen LogP contribution in [0.3, 0.4) is 0 Å². The molecular weight excluding hydrogens is 293 g/mol. The fraction of sp³-hybridized carbons (Fsp3) is 0.308. The van der Waals surface area contributed by atoms with Crippen molar-refractivity contribution in [2.45, 2.75) is 19.1 Å². The highest BCUT2D eigenvalue weighted by Crippen LogP contribution is 2.33. The smallest absolute Gasteiger partial charge is 0.373 e. The lowest BCUT2D eigenvalue weighted by atomic mass is 10.1. The van der Waals surface area contributed by atoms with Gasteiger partial charge in [0.1, 0.15) is 6.04 Å². The van der Waals surface area contributed by atoms with Crippen LogP contribution in [-0.4, -0.2) is 18.5 Å². The van der Waals surface area contributed by atoms with Gasteiger partial charge in [0, 0.05) is 0 Å². The topological polar surface area (TPSA) is 41.1 Å². The minimum Gasteiger partial charge on any atom is -0.373 e. The SMILES string of the molecule is C#CCNC(=O)C(C)Nc1cc(C(F)(F)F)ccc1Cl. The number of hydrogen-bond acceptors (Lipinski definition) is 2. The molecule has 1 aromatic carbocycles. The van der Waals surface area contributed by atoms with Crippen molar-refractivity contribution in [1.29, 1.82) is 0 Å². The van der Waals surface area contributed by atoms with Crippen LogP contribution in [0.1, 0.15) is 12.5 Å². The van der Waals surface area contributed by atoms with Crippen molar-refractivity contribution in [2.24, 2.45) is 0 Å². The quantitative estimate of drug-likeness (QED) is 0.840. The van der Waals surface area contributed by atoms with Crippen LogP contribution in [0, 0.1) is 12.3 Å². The summed E-state index contributed by atoms with van der Waals surface area (Å²) in [5.41, 5.74) is -0.814. The molecule has 0 saturated heterocycles. The van der Waals surface area contributed by atoms with Gasteiger partial charge in [0.15, 0.2) is 0 Å². The summed E-state index contributed by atoms with van der Waals surface area (Å²) in [5, 5.41) is 5.12. The summed E-state index contributed by atoms with van der Waals surface area (Å²) in [6.45, 7) is 1.53. The van der Waals surface area contributed by atoms with Crippen LogP contribution in [0.15, 0.2) is 18.2 Å². The van der Waals surface area contributed by atoms with Crippen molar-refractivity contribution in [2.75, 3.05) is 11.9 Å². The molecule has 2 N–H and O–H groups in total. The number of rotatable bonds is 4. The molecule has 0 saturated carbocycles. The first-order valence-electron chi connectivity index (χ1n) is 5.60. The van der Waals surface area contributed by atoms with E-state index in [0.717, 1.165) is 18.2 Å². The fourth-order valence-electron chi connectivity index (χ4n) is 1.40. The highest BCUT2D eigenvalue weighted by molar-refractivity contribution is 6.33. The highest BCUT2D eigenvalue weighted by Gasteiger charge is 2.31. The molecule has 108 valence electrons. The van der Waals surface area contributed by atoms with Crippen LogP contribution < -0.4 is 10.6 Å². The van der Waals surface area contributed by atoms with Gasteiger partial charge < -0.3 is 10.6 Å². The Bertz CT molecular complexity index is 537. The van der Waals surface area contributed by atoms with Crippen molar-refractivity contribution in [3.63, 3.8) is 0 Å². The van der Waals surface area contributed by atoms with E-state index in [1.54, 1.807) is 0 Å². The van der Waals surface area contributed by atoms with Gasteiger partial charge in [0.2, 0.25) is 5.91 Å². The molecule has 1 rings (SSSR count). The molecule has 20 heavy (non-hydrogen) atoms. The summed E-state index contributed by atoms with van der Waals surface area (Å²) in [6, 6.07) is 2.08. The average molecular weight is 305 g/mol. The number of nitrogens with one attached hydrogen (secondary N) is 2. The molecule has 1 unspecified atom stereocenters. The molecule has 0 bridgehead atoms. The van der Waals surface area contributed by atoms with Crippen LogP contribution in [0.5, 0.6) is 0 Å². The third-order valence-corrected chi connectivity index (χ3v) is 2.75. The zero-order valence-corrected chi connectivity index (χ0v) is 11.3. The zero-order valence-electron chi connectivity index (χ0n) is 10.5. The van der Waals surface area contributed by atoms with Gasteiger partial charge in [-0.15, -0.1) is 6.42 Å². The third kappa shape index (κ3) is 4.35. The number of benzene rings is 1. The van der Waals surface area contributed by atoms with Crippen LogP contribution in [0.25, 0.3) is 0 Å². The van der Waals surface area contributed by atoms with Crippen molar-refractivity contribution < 1.29 is 18.0 Å². The maximum absolute atomic E-state index is 12.6. The average Bonchev–Trinajstić information content (AvgIpc) is 2.37. The van der Waals surface area contributed by atoms with E-state index in [-0.39, 0.29) is 17.3 Å². The van der Waals surface area contributed by atoms with Crippen LogP contribution in [-0.2, 0) is 11.0 Å². The Hall–Kier alpha value is -1.87. The number of halogens is 4. The second kappa shape index (κ2) is 6.53. The lowest BCUT2D eigenvalue weighted by molar-refractivity contribution is -0.137. The molecule has 0 aliphatic rings. The number of carbonyl (C=O) groups is 1. The lowest BCUT2D eigenvalue weighted by Gasteiger charge is -2.17. The summed E-state index contributed by atoms with van der Waals surface area (Å²) in [5.74, 6) is 1.79. The van der Waals surface area contributed by atoms with Crippen LogP contribution in [0.4, 0.5) is 18.9 Å². The summed E-state index contributed by atoms with van der Waals surface area (Å²) in [4.78, 5) is 11.6. The predicted molar refractivity (Wildman–Crippen MR) is 71.4 cm³/mol. The number of amides is 1. The number of anilines is 1. The molecule has 1 aromatic rings. The molecule has 0 radical (unpaired) electrons. The molecule has 0 fully saturated rings. The van der Waals surface area contributed by atoms with Crippen molar-refractivity contribution in [3.05, 3.63) is 28.8 Å². The molecule has 0 aromatic heterocycles. The maximum Gasteiger partial charge on any atom is 0.416 e. The van der Waals surface area contributed by atoms with E-state index in [1.807, 2.05) is 0 Å². The Kier molecular flexibility index (Phi) is 5.28. The first-order valence-corrected chi connectivity index (χ1v) is 5.98. The van der Waals surface area contributed by atoms with Gasteiger partial charge in [-0.25, -0.2) is 0 Å². The molecule has 3 nitrogen and oxygen atoms in total. The Morgan fingerprint density at radius 1 is 1.50 bits per heavy atom. The van der Waals surface area contributed by atoms with E-state index >= 15 is 0 Å². The van der Waals surface area contributed by atoms with Gasteiger partial charge in [-0.05, 0) is 25.1 Å². The van der Waals surface area contributed by atoms with E-state index < -0.39 is 23.7 Å². The first kappa shape index (κ1) is 16.2. The molecule has 1 amide bonds. The number of alkyl halides is 3. The van der Waals surface area contributed by atoms with E-state index in [1.165, 1.54) is 6.92 Å². The van der Waals surface area contributed by atoms with E-state index in [2.05, 4.69) is 16.6 Å². The monoisotopic (exact) mass is 304 g/mol. The second-order valence-corrected chi connectivity index (χ2v) is 4.39. The van der Waals surface area contributed by atoms with E-state index in [4.69, 9.17) is 18.0 Å². The Balaban J connectivity index is 2.87. The molecule has 0 spiro atoms. The molecular formula is C13H12ClF3N2O. The second-order valence-electron chi connectivity index (χ2n) is 3.98. The molecule has 0 aliphatic heterocycles. The summed E-state index contributed by atoms with van der Waals surface area (Å²) < 4.78 is 37.8. The molecule has 1 atom stereocenters. The molecule has 0 heterocycles. The van der Waals surface area contributed by atoms with Gasteiger partial charge in [-0.2, -0.15) is 13.2 Å². The zero-order chi connectivity index (χ0) is 15.3. The lowest BCUT2D eigenvalue weighted by Crippen LogP contribution is -2.37. The fourth-order valence-corrected chi connectivity index (χ4v) is 1.57. The van der Waals surface area contributed by atoms with E-state index in [0.29, 0.717) is 0 Å². The number of hydrogen-bond donors (Lipinski definition) is 2. The Morgan fingerprint density at radius 2 is 2.15 bits per heavy atom. The van der Waals surface area contributed by atoms with Crippen molar-refractivity contribution >= 4 is 23.2 Å². The number of carbonyl (C=O) groups excluding carboxylic acids is 1. The highest BCUT2D eigenvalue weighted by atomic mass is 35.5. The minimum atomic E-state index is -4.48. The molecule has 7 heteroatoms. The van der Waals surface area contributed by atoms with Crippen LogP contribution >= 0.6 is 11.6 Å². The molecule has 0 aliphatic carbocycles. The number of terminal acetylenes is 1. The Labute approximate surface area is 119 Å². The van der Waals surface area contributed by atoms with Crippen molar-refractivity contribution in [1.82, 2.24) is 5.32 Å². The van der Waals surface area contributed by atoms with Gasteiger partial charge in [-0.1, -0.05) is 17.5 Å². The minimum absolute atomic E-state index is 0.0323. The third-order valence-electron chi connectivity index (χ3n) is 2.42. The van der Waals surface area contributed by atoms with Gasteiger partial charge in [0.05, 0.1) is 22.8 Å². The van der Waals surface area contributed by atoms with Gasteiger partial charge >= 0.3 is 6.18 Å². The summed E-state index contributed by atoms with van der Waals surface area (Å²) in [6.07, 6.45) is 0.514. The maximum atomic E-state index is 12.6. The van der Waals surface area contributed by atoms with Crippen LogP contribution in [0.2, 0.25) is 5.02 Å². The first-order chi connectivity index (χ1) is 9.25. The standard InChI is InChI=1S/C13H12ClF3N2O/c1-3-6-18-12(20)8(2)19-11-7-9(13(15,16)17)4-5-10(11)14/h1,4-5,7-8,19H,6H2,2H3,(H,18,20). The Morgan fingerprint density at radius 3 is 2.70 bits per heavy atom. The predicted octanol–water partition coefficient (Wildman–Crippen LogP) is 2.91. The normalized spacial score (nSPS) is 12.4.